The Morgan fingerprint density at radius 2 is 1.33 bits per heavy atom. The molecule has 0 radical (unpaired) electrons. The Balaban J connectivity index is 0.000000123. The number of nitrogens with one attached hydrogen (secondary N) is 1. The van der Waals surface area contributed by atoms with Crippen LogP contribution in [-0.2, 0) is 37.4 Å². The van der Waals surface area contributed by atoms with E-state index in [1.807, 2.05) is 148 Å². The maximum absolute atomic E-state index is 14.2. The molecule has 4 aromatic heterocycles. The zero-order valence-electron chi connectivity index (χ0n) is 56.2. The predicted octanol–water partition coefficient (Wildman–Crippen LogP) is 11.9. The first-order valence-corrected chi connectivity index (χ1v) is 33.1. The number of imidazole rings is 1. The van der Waals surface area contributed by atoms with Crippen LogP contribution in [0.3, 0.4) is 0 Å². The van der Waals surface area contributed by atoms with Gasteiger partial charge in [0.05, 0.1) is 83.0 Å². The number of nitro groups is 1. The number of aromatic nitrogens is 6. The molecule has 9 heterocycles. The number of carbonyl (C=O) groups excluding carboxylic acids is 2. The third-order valence-corrected chi connectivity index (χ3v) is 18.5. The maximum Gasteiger partial charge on any atom is 0.494 e. The molecule has 520 valence electrons. The molecule has 27 heteroatoms. The number of morpholine rings is 2. The standard InChI is InChI=1S/C24H18FN5.C17H10F2O3.C14H18BNO3.C10H11ClN2O3.C10H12N4O/c25-23-28-21(26)20-22(29-23)30(16-27-20)24(17-10-4-1-5-11-17,18-12-6-2-7-13-18)19-14-8-3-9-15-19;1-9(20)17-14(10-5-7-11(18)8-6-10)16(21)15-12(19)3-2-4-13(15)22-17;1-13(2)14(3,4)19-15(18-13)10-5-6-11-9(7-10)8-16-12(11)17;11-9-7-8(13(14)15)1-2-10(9)12-3-5-16-6-4-12;1-3-15-4-2-14(1)10-8-5-11-6-9(8)12-7-13-10/h1-16H,(H2,26,28,29);2-8H,1H3;5-7H,8H2,1-4H3,(H,16,17);1-2,7H,3-6H2;5,7H,1-4,6H2. The van der Waals surface area contributed by atoms with Crippen molar-refractivity contribution in [3.63, 3.8) is 0 Å². The number of anilines is 3. The minimum absolute atomic E-state index is 0.000983. The Kier molecular flexibility index (Phi) is 21.1. The minimum Gasteiger partial charge on any atom is -0.452 e. The summed E-state index contributed by atoms with van der Waals surface area (Å²) in [5, 5.41) is 13.6. The van der Waals surface area contributed by atoms with Gasteiger partial charge in [-0.2, -0.15) is 14.4 Å². The monoisotopic (exact) mass is 1400 g/mol. The van der Waals surface area contributed by atoms with Crippen molar-refractivity contribution in [2.45, 2.75) is 64.4 Å². The Labute approximate surface area is 589 Å². The van der Waals surface area contributed by atoms with Crippen molar-refractivity contribution in [1.29, 1.82) is 0 Å². The normalized spacial score (nSPS) is 15.5. The van der Waals surface area contributed by atoms with Crippen molar-refractivity contribution in [2.24, 2.45) is 4.99 Å². The van der Waals surface area contributed by atoms with Gasteiger partial charge in [-0.25, -0.2) is 23.7 Å². The van der Waals surface area contributed by atoms with E-state index in [9.17, 15) is 37.7 Å². The number of halogens is 4. The number of nitro benzene ring substituents is 1. The average Bonchev–Trinajstić information content (AvgIpc) is 1.56. The lowest BCUT2D eigenvalue weighted by atomic mass is 9.76. The van der Waals surface area contributed by atoms with Crippen LogP contribution in [0.25, 0.3) is 33.3 Å². The zero-order valence-corrected chi connectivity index (χ0v) is 56.9. The van der Waals surface area contributed by atoms with Crippen molar-refractivity contribution in [3.8, 4) is 11.1 Å². The molecule has 0 atom stereocenters. The number of ether oxygens (including phenoxy) is 2. The van der Waals surface area contributed by atoms with Gasteiger partial charge in [0.1, 0.15) is 45.8 Å². The summed E-state index contributed by atoms with van der Waals surface area (Å²) in [5.74, 6) is -0.842. The molecule has 0 spiro atoms. The summed E-state index contributed by atoms with van der Waals surface area (Å²) in [6, 6.07) is 49.3. The van der Waals surface area contributed by atoms with Crippen LogP contribution in [0, 0.1) is 27.8 Å². The number of amides is 1. The van der Waals surface area contributed by atoms with Gasteiger partial charge in [-0.05, 0) is 97.4 Å². The number of aliphatic imine (C=N–C) groups is 1. The molecule has 16 rings (SSSR count). The fraction of sp³-hybridized carbons (Fsp3) is 0.240. The highest BCUT2D eigenvalue weighted by molar-refractivity contribution is 6.62. The van der Waals surface area contributed by atoms with Gasteiger partial charge in [0.25, 0.3) is 11.6 Å². The molecule has 7 aromatic carbocycles. The number of carbonyl (C=O) groups is 2. The lowest BCUT2D eigenvalue weighted by Crippen LogP contribution is -2.41. The highest BCUT2D eigenvalue weighted by atomic mass is 35.5. The quantitative estimate of drug-likeness (QED) is 0.0322. The molecule has 11 aromatic rings. The lowest BCUT2D eigenvalue weighted by Gasteiger charge is -2.37. The largest absolute Gasteiger partial charge is 0.494 e. The van der Waals surface area contributed by atoms with E-state index in [1.54, 1.807) is 18.7 Å². The molecule has 0 aliphatic carbocycles. The third kappa shape index (κ3) is 14.8. The van der Waals surface area contributed by atoms with Crippen LogP contribution >= 0.6 is 11.6 Å². The van der Waals surface area contributed by atoms with Crippen LogP contribution in [0.2, 0.25) is 5.02 Å². The Bertz CT molecular complexity index is 4880. The molecule has 3 fully saturated rings. The SMILES string of the molecule is C1=NCc2ncnc(N3CCOCC3)c21.CC(=O)c1oc2cccc(F)c2c(=O)c1-c1ccc(F)cc1.CC1(C)OB(c2ccc3c(c2)CNC3=O)OC1(C)C.Nc1nc(F)nc2c1ncn2C(c1ccccc1)(c1ccccc1)c1ccccc1.O=[N+]([O-])c1ccc(N2CCOCC2)c(Cl)c1. The Morgan fingerprint density at radius 1 is 0.725 bits per heavy atom. The number of Topliss-reactive ketones (excluding diaryl/α,β-unsaturated/α-hetero) is 1. The topological polar surface area (TPSA) is 271 Å². The van der Waals surface area contributed by atoms with E-state index in [2.05, 4.69) is 45.0 Å². The molecule has 1 amide bonds. The Morgan fingerprint density at radius 3 is 1.92 bits per heavy atom. The Hall–Kier alpha value is -11.0. The van der Waals surface area contributed by atoms with Gasteiger partial charge in [0.2, 0.25) is 5.43 Å². The second kappa shape index (κ2) is 30.4. The summed E-state index contributed by atoms with van der Waals surface area (Å²) in [5.41, 5.74) is 13.4. The number of rotatable bonds is 10. The molecule has 5 aliphatic rings. The second-order valence-corrected chi connectivity index (χ2v) is 25.5. The zero-order chi connectivity index (χ0) is 71.9. The molecular formula is C75H69BClF3N12O10. The first-order valence-electron chi connectivity index (χ1n) is 32.7. The van der Waals surface area contributed by atoms with Crippen LogP contribution < -0.4 is 31.7 Å². The molecular weight excluding hydrogens is 1330 g/mol. The fourth-order valence-electron chi connectivity index (χ4n) is 12.4. The van der Waals surface area contributed by atoms with Crippen LogP contribution in [0.1, 0.15) is 89.0 Å². The minimum atomic E-state index is -0.884. The molecule has 102 heavy (non-hydrogen) atoms. The summed E-state index contributed by atoms with van der Waals surface area (Å²) < 4.78 is 71.1. The lowest BCUT2D eigenvalue weighted by molar-refractivity contribution is -0.384. The number of hydrogen-bond acceptors (Lipinski definition) is 19. The molecule has 22 nitrogen and oxygen atoms in total. The molecule has 0 bridgehead atoms. The number of ketones is 1. The summed E-state index contributed by atoms with van der Waals surface area (Å²) in [6.45, 7) is 16.8. The highest BCUT2D eigenvalue weighted by Crippen LogP contribution is 2.43. The van der Waals surface area contributed by atoms with E-state index in [-0.39, 0.29) is 58.0 Å². The van der Waals surface area contributed by atoms with Crippen LogP contribution in [0.5, 0.6) is 0 Å². The van der Waals surface area contributed by atoms with Crippen molar-refractivity contribution in [3.05, 3.63) is 270 Å². The number of fused-ring (bicyclic) bond motifs is 4. The summed E-state index contributed by atoms with van der Waals surface area (Å²) in [7, 11) is -0.369. The van der Waals surface area contributed by atoms with Crippen molar-refractivity contribution in [2.75, 3.05) is 68.1 Å². The number of nitrogen functional groups attached to an aromatic ring is 1. The first-order chi connectivity index (χ1) is 49.1. The smallest absolute Gasteiger partial charge is 0.452 e. The third-order valence-electron chi connectivity index (χ3n) is 18.2. The number of hydrogen-bond donors (Lipinski definition) is 2. The fourth-order valence-corrected chi connectivity index (χ4v) is 12.7. The first kappa shape index (κ1) is 70.8. The van der Waals surface area contributed by atoms with Gasteiger partial charge in [0.15, 0.2) is 23.0 Å². The molecule has 0 saturated carbocycles. The van der Waals surface area contributed by atoms with Crippen molar-refractivity contribution >= 4 is 87.2 Å². The number of non-ortho nitro benzene ring substituents is 1. The summed E-state index contributed by atoms with van der Waals surface area (Å²) in [4.78, 5) is 75.3. The predicted molar refractivity (Wildman–Crippen MR) is 383 cm³/mol. The molecule has 3 saturated heterocycles. The summed E-state index contributed by atoms with van der Waals surface area (Å²) in [6.07, 6.45) is 4.27. The van der Waals surface area contributed by atoms with E-state index in [1.165, 1.54) is 43.3 Å². The van der Waals surface area contributed by atoms with Crippen LogP contribution in [0.4, 0.5) is 36.2 Å². The van der Waals surface area contributed by atoms with Crippen LogP contribution in [-0.4, -0.2) is 123 Å². The van der Waals surface area contributed by atoms with Crippen molar-refractivity contribution in [1.82, 2.24) is 34.8 Å². The molecule has 3 N–H and O–H groups in total. The van der Waals surface area contributed by atoms with Gasteiger partial charge in [-0.15, -0.1) is 0 Å². The van der Waals surface area contributed by atoms with Gasteiger partial charge in [-0.3, -0.25) is 34.1 Å². The van der Waals surface area contributed by atoms with Crippen molar-refractivity contribution < 1.29 is 50.9 Å². The second-order valence-electron chi connectivity index (χ2n) is 25.1. The number of nitrogens with zero attached hydrogens (tertiary/aromatic N) is 10. The van der Waals surface area contributed by atoms with Gasteiger partial charge >= 0.3 is 13.2 Å². The van der Waals surface area contributed by atoms with E-state index >= 15 is 0 Å². The van der Waals surface area contributed by atoms with Gasteiger partial charge in [-0.1, -0.05) is 133 Å². The summed E-state index contributed by atoms with van der Waals surface area (Å²) >= 11 is 6.02. The maximum atomic E-state index is 14.2. The molecule has 5 aliphatic heterocycles. The van der Waals surface area contributed by atoms with Gasteiger partial charge < -0.3 is 44.0 Å². The highest BCUT2D eigenvalue weighted by Gasteiger charge is 2.52. The van der Waals surface area contributed by atoms with E-state index in [4.69, 9.17) is 40.5 Å². The average molecular weight is 1400 g/mol. The number of nitrogens with two attached hydrogens (primary N) is 1. The van der Waals surface area contributed by atoms with E-state index < -0.39 is 39.4 Å². The van der Waals surface area contributed by atoms with Gasteiger partial charge in [0, 0.05) is 63.6 Å². The van der Waals surface area contributed by atoms with E-state index in [0.29, 0.717) is 48.1 Å². The van der Waals surface area contributed by atoms with E-state index in [0.717, 1.165) is 114 Å². The van der Waals surface area contributed by atoms with Crippen LogP contribution in [0.15, 0.2) is 197 Å². The molecule has 0 unspecified atom stereocenters. The number of benzene rings is 7.